The molecule has 1 aliphatic rings. The highest BCUT2D eigenvalue weighted by Crippen LogP contribution is 2.23. The summed E-state index contributed by atoms with van der Waals surface area (Å²) in [7, 11) is 0. The summed E-state index contributed by atoms with van der Waals surface area (Å²) in [6.07, 6.45) is 4.72. The van der Waals surface area contributed by atoms with E-state index in [9.17, 15) is 4.79 Å². The Balaban J connectivity index is 1.34. The zero-order chi connectivity index (χ0) is 20.2. The second-order valence-electron chi connectivity index (χ2n) is 7.55. The van der Waals surface area contributed by atoms with E-state index in [1.165, 1.54) is 22.9 Å². The highest BCUT2D eigenvalue weighted by molar-refractivity contribution is 7.99. The van der Waals surface area contributed by atoms with E-state index < -0.39 is 0 Å². The maximum atomic E-state index is 12.7. The first-order valence-corrected chi connectivity index (χ1v) is 10.9. The van der Waals surface area contributed by atoms with Crippen LogP contribution in [-0.2, 0) is 4.79 Å². The number of hydrogen-bond acceptors (Lipinski definition) is 4. The number of thioether (sulfide) groups is 1. The Bertz CT molecular complexity index is 965. The minimum atomic E-state index is 0.169. The van der Waals surface area contributed by atoms with Crippen molar-refractivity contribution in [3.05, 3.63) is 72.1 Å². The number of para-hydroxylation sites is 1. The Labute approximate surface area is 176 Å². The molecule has 1 N–H and O–H groups in total. The Kier molecular flexibility index (Phi) is 5.90. The summed E-state index contributed by atoms with van der Waals surface area (Å²) in [5, 5.41) is 4.37. The molecule has 29 heavy (non-hydrogen) atoms. The number of nitrogens with one attached hydrogen (secondary N) is 1. The summed E-state index contributed by atoms with van der Waals surface area (Å²) in [5.74, 6) is 0.571. The highest BCUT2D eigenvalue weighted by Gasteiger charge is 2.26. The second-order valence-corrected chi connectivity index (χ2v) is 8.49. The van der Waals surface area contributed by atoms with Crippen LogP contribution in [0.2, 0.25) is 0 Å². The van der Waals surface area contributed by atoms with Crippen LogP contribution in [0.4, 0.5) is 5.69 Å². The minimum absolute atomic E-state index is 0.169. The summed E-state index contributed by atoms with van der Waals surface area (Å²) in [5.41, 5.74) is 4.63. The van der Waals surface area contributed by atoms with Gasteiger partial charge in [-0.3, -0.25) is 9.36 Å². The fourth-order valence-corrected chi connectivity index (χ4v) is 4.65. The first-order valence-electron chi connectivity index (χ1n) is 9.92. The third-order valence-electron chi connectivity index (χ3n) is 5.10. The molecule has 0 radical (unpaired) electrons. The van der Waals surface area contributed by atoms with Crippen molar-refractivity contribution in [2.75, 3.05) is 24.2 Å². The van der Waals surface area contributed by atoms with Gasteiger partial charge >= 0.3 is 0 Å². The number of nitrogens with zero attached hydrogens (tertiary/aromatic N) is 3. The predicted octanol–water partition coefficient (Wildman–Crippen LogP) is 4.29. The minimum Gasteiger partial charge on any atom is -0.380 e. The van der Waals surface area contributed by atoms with E-state index >= 15 is 0 Å². The largest absolute Gasteiger partial charge is 0.380 e. The molecule has 1 unspecified atom stereocenters. The standard InChI is InChI=1S/C23H26N4OS/c1-17-12-18(2)14-21(13-17)27-11-9-24-23(27)29-16-22(28)26-10-8-20(15-26)25-19-6-4-3-5-7-19/h3-7,9,11-14,20,25H,8,10,15-16H2,1-2H3. The van der Waals surface area contributed by atoms with Gasteiger partial charge in [0.1, 0.15) is 0 Å². The van der Waals surface area contributed by atoms with Gasteiger partial charge in [0.2, 0.25) is 5.91 Å². The molecule has 4 rings (SSSR count). The fourth-order valence-electron chi connectivity index (χ4n) is 3.78. The molecule has 1 amide bonds. The number of aryl methyl sites for hydroxylation is 2. The van der Waals surface area contributed by atoms with E-state index in [0.29, 0.717) is 11.8 Å². The molecule has 0 aliphatic carbocycles. The number of imidazole rings is 1. The smallest absolute Gasteiger partial charge is 0.233 e. The zero-order valence-corrected chi connectivity index (χ0v) is 17.7. The van der Waals surface area contributed by atoms with Crippen LogP contribution in [0.3, 0.4) is 0 Å². The number of hydrogen-bond donors (Lipinski definition) is 1. The van der Waals surface area contributed by atoms with Gasteiger partial charge in [0, 0.05) is 42.9 Å². The van der Waals surface area contributed by atoms with Gasteiger partial charge in [0.15, 0.2) is 5.16 Å². The number of carbonyl (C=O) groups excluding carboxylic acids is 1. The van der Waals surface area contributed by atoms with E-state index in [1.54, 1.807) is 6.20 Å². The topological polar surface area (TPSA) is 50.2 Å². The molecular formula is C23H26N4OS. The Morgan fingerprint density at radius 2 is 1.93 bits per heavy atom. The summed E-state index contributed by atoms with van der Waals surface area (Å²) >= 11 is 1.50. The first-order chi connectivity index (χ1) is 14.1. The third kappa shape index (κ3) is 4.82. The Hall–Kier alpha value is -2.73. The van der Waals surface area contributed by atoms with Crippen LogP contribution in [0.1, 0.15) is 17.5 Å². The number of carbonyl (C=O) groups is 1. The van der Waals surface area contributed by atoms with Crippen LogP contribution in [0, 0.1) is 13.8 Å². The SMILES string of the molecule is Cc1cc(C)cc(-n2ccnc2SCC(=O)N2CCC(Nc3ccccc3)C2)c1. The molecule has 2 aromatic carbocycles. The highest BCUT2D eigenvalue weighted by atomic mass is 32.2. The van der Waals surface area contributed by atoms with Crippen molar-refractivity contribution in [3.8, 4) is 5.69 Å². The van der Waals surface area contributed by atoms with E-state index in [2.05, 4.69) is 59.0 Å². The molecule has 0 bridgehead atoms. The molecule has 5 nitrogen and oxygen atoms in total. The summed E-state index contributed by atoms with van der Waals surface area (Å²) in [4.78, 5) is 19.2. The van der Waals surface area contributed by atoms with Gasteiger partial charge in [0.25, 0.3) is 0 Å². The number of likely N-dealkylation sites (tertiary alicyclic amines) is 1. The molecule has 1 aliphatic heterocycles. The summed E-state index contributed by atoms with van der Waals surface area (Å²) < 4.78 is 2.06. The van der Waals surface area contributed by atoms with Crippen LogP contribution < -0.4 is 5.32 Å². The van der Waals surface area contributed by atoms with Crippen molar-refractivity contribution in [3.63, 3.8) is 0 Å². The molecule has 0 spiro atoms. The normalized spacial score (nSPS) is 16.2. The lowest BCUT2D eigenvalue weighted by Gasteiger charge is -2.18. The number of anilines is 1. The van der Waals surface area contributed by atoms with Gasteiger partial charge in [0.05, 0.1) is 5.75 Å². The van der Waals surface area contributed by atoms with Gasteiger partial charge < -0.3 is 10.2 Å². The maximum Gasteiger partial charge on any atom is 0.233 e. The third-order valence-corrected chi connectivity index (χ3v) is 6.05. The predicted molar refractivity (Wildman–Crippen MR) is 119 cm³/mol. The molecule has 150 valence electrons. The van der Waals surface area contributed by atoms with E-state index in [4.69, 9.17) is 0 Å². The van der Waals surface area contributed by atoms with E-state index in [-0.39, 0.29) is 5.91 Å². The summed E-state index contributed by atoms with van der Waals surface area (Å²) in [6, 6.07) is 16.9. The van der Waals surface area contributed by atoms with Crippen LogP contribution in [0.25, 0.3) is 5.69 Å². The van der Waals surface area contributed by atoms with E-state index in [1.807, 2.05) is 29.3 Å². The maximum absolute atomic E-state index is 12.7. The molecule has 2 heterocycles. The molecule has 1 saturated heterocycles. The van der Waals surface area contributed by atoms with Gasteiger partial charge in [-0.05, 0) is 55.7 Å². The second kappa shape index (κ2) is 8.74. The van der Waals surface area contributed by atoms with Gasteiger partial charge in [-0.15, -0.1) is 0 Å². The lowest BCUT2D eigenvalue weighted by Crippen LogP contribution is -2.32. The fraction of sp³-hybridized carbons (Fsp3) is 0.304. The van der Waals surface area contributed by atoms with Crippen molar-refractivity contribution in [1.29, 1.82) is 0 Å². The number of benzene rings is 2. The van der Waals surface area contributed by atoms with Crippen molar-refractivity contribution in [1.82, 2.24) is 14.5 Å². The molecule has 1 atom stereocenters. The van der Waals surface area contributed by atoms with E-state index in [0.717, 1.165) is 36.0 Å². The number of rotatable bonds is 6. The molecule has 6 heteroatoms. The van der Waals surface area contributed by atoms with Gasteiger partial charge in [-0.25, -0.2) is 4.98 Å². The Morgan fingerprint density at radius 1 is 1.17 bits per heavy atom. The van der Waals surface area contributed by atoms with Gasteiger partial charge in [-0.2, -0.15) is 0 Å². The van der Waals surface area contributed by atoms with Crippen LogP contribution in [0.5, 0.6) is 0 Å². The van der Waals surface area contributed by atoms with Crippen LogP contribution in [-0.4, -0.2) is 45.2 Å². The average Bonchev–Trinajstić information content (AvgIpc) is 3.36. The van der Waals surface area contributed by atoms with Crippen LogP contribution >= 0.6 is 11.8 Å². The van der Waals surface area contributed by atoms with Crippen molar-refractivity contribution < 1.29 is 4.79 Å². The van der Waals surface area contributed by atoms with Crippen molar-refractivity contribution >= 4 is 23.4 Å². The Morgan fingerprint density at radius 3 is 2.69 bits per heavy atom. The molecule has 1 fully saturated rings. The molecular weight excluding hydrogens is 380 g/mol. The zero-order valence-electron chi connectivity index (χ0n) is 16.8. The lowest BCUT2D eigenvalue weighted by molar-refractivity contribution is -0.127. The monoisotopic (exact) mass is 406 g/mol. The molecule has 0 saturated carbocycles. The quantitative estimate of drug-likeness (QED) is 0.621. The average molecular weight is 407 g/mol. The molecule has 1 aromatic heterocycles. The number of amides is 1. The number of aromatic nitrogens is 2. The van der Waals surface area contributed by atoms with Gasteiger partial charge in [-0.1, -0.05) is 36.0 Å². The van der Waals surface area contributed by atoms with Crippen molar-refractivity contribution in [2.24, 2.45) is 0 Å². The first kappa shape index (κ1) is 19.6. The summed E-state index contributed by atoms with van der Waals surface area (Å²) in [6.45, 7) is 5.74. The lowest BCUT2D eigenvalue weighted by atomic mass is 10.1. The van der Waals surface area contributed by atoms with Crippen molar-refractivity contribution in [2.45, 2.75) is 31.5 Å². The van der Waals surface area contributed by atoms with Crippen LogP contribution in [0.15, 0.2) is 66.1 Å². The molecule has 3 aromatic rings.